The molecule has 1 aromatic heterocycles. The predicted molar refractivity (Wildman–Crippen MR) is 108 cm³/mol. The molecule has 0 saturated carbocycles. The monoisotopic (exact) mass is 376 g/mol. The molecule has 2 aromatic carbocycles. The maximum atomic E-state index is 12.5. The number of amides is 1. The Labute approximate surface area is 163 Å². The van der Waals surface area contributed by atoms with E-state index in [0.717, 1.165) is 33.0 Å². The predicted octanol–water partition coefficient (Wildman–Crippen LogP) is 5.26. The molecule has 0 aliphatic heterocycles. The molecule has 1 heterocycles. The van der Waals surface area contributed by atoms with Crippen LogP contribution in [0.4, 0.5) is 5.69 Å². The quantitative estimate of drug-likeness (QED) is 0.638. The van der Waals surface area contributed by atoms with Gasteiger partial charge in [0.25, 0.3) is 5.91 Å². The van der Waals surface area contributed by atoms with E-state index < -0.39 is 0 Å². The molecule has 3 aromatic rings. The standard InChI is InChI=1S/C22H20N2O2S/c1-15-13-21(27-16(15)2)22(25)24-20-6-4-3-5-18(20)14-26-19-9-7-17(8-10-19)11-12-23/h3-10,13H,11,14H2,1-2H3,(H,24,25). The van der Waals surface area contributed by atoms with Gasteiger partial charge in [-0.1, -0.05) is 30.3 Å². The number of hydrogen-bond donors (Lipinski definition) is 1. The SMILES string of the molecule is Cc1cc(C(=O)Nc2ccccc2COc2ccc(CC#N)cc2)sc1C. The van der Waals surface area contributed by atoms with Gasteiger partial charge >= 0.3 is 0 Å². The van der Waals surface area contributed by atoms with E-state index in [0.29, 0.717) is 17.9 Å². The van der Waals surface area contributed by atoms with Crippen LogP contribution in [0.25, 0.3) is 0 Å². The lowest BCUT2D eigenvalue weighted by Gasteiger charge is -2.12. The molecule has 0 radical (unpaired) electrons. The largest absolute Gasteiger partial charge is 0.489 e. The van der Waals surface area contributed by atoms with Gasteiger partial charge in [0.05, 0.1) is 17.4 Å². The summed E-state index contributed by atoms with van der Waals surface area (Å²) in [5.41, 5.74) is 3.73. The Morgan fingerprint density at radius 3 is 2.56 bits per heavy atom. The molecule has 0 aliphatic rings. The molecule has 136 valence electrons. The first-order chi connectivity index (χ1) is 13.1. The van der Waals surface area contributed by atoms with Crippen molar-refractivity contribution < 1.29 is 9.53 Å². The van der Waals surface area contributed by atoms with Gasteiger partial charge in [-0.2, -0.15) is 5.26 Å². The average molecular weight is 376 g/mol. The molecule has 1 N–H and O–H groups in total. The number of para-hydroxylation sites is 1. The van der Waals surface area contributed by atoms with E-state index in [4.69, 9.17) is 10.00 Å². The first kappa shape index (κ1) is 18.7. The molecule has 3 rings (SSSR count). The lowest BCUT2D eigenvalue weighted by molar-refractivity contribution is 0.103. The molecule has 27 heavy (non-hydrogen) atoms. The number of aryl methyl sites for hydroxylation is 2. The van der Waals surface area contributed by atoms with Crippen molar-refractivity contribution in [2.75, 3.05) is 5.32 Å². The van der Waals surface area contributed by atoms with Gasteiger partial charge in [-0.25, -0.2) is 0 Å². The van der Waals surface area contributed by atoms with Crippen LogP contribution >= 0.6 is 11.3 Å². The second kappa shape index (κ2) is 8.52. The molecule has 0 atom stereocenters. The Bertz CT molecular complexity index is 965. The van der Waals surface area contributed by atoms with E-state index in [1.807, 2.05) is 68.4 Å². The number of nitriles is 1. The lowest BCUT2D eigenvalue weighted by Crippen LogP contribution is -2.12. The summed E-state index contributed by atoms with van der Waals surface area (Å²) in [6.07, 6.45) is 0.386. The summed E-state index contributed by atoms with van der Waals surface area (Å²) in [6, 6.07) is 19.1. The van der Waals surface area contributed by atoms with Crippen LogP contribution in [0.15, 0.2) is 54.6 Å². The van der Waals surface area contributed by atoms with Crippen LogP contribution in [0.1, 0.15) is 31.2 Å². The first-order valence-electron chi connectivity index (χ1n) is 8.62. The zero-order chi connectivity index (χ0) is 19.2. The molecular formula is C22H20N2O2S. The van der Waals surface area contributed by atoms with Gasteiger partial charge in [-0.3, -0.25) is 4.79 Å². The summed E-state index contributed by atoms with van der Waals surface area (Å²) in [5, 5.41) is 11.7. The van der Waals surface area contributed by atoms with Gasteiger partial charge in [0.1, 0.15) is 12.4 Å². The Kier molecular flexibility index (Phi) is 5.90. The molecule has 0 spiro atoms. The molecule has 4 nitrogen and oxygen atoms in total. The lowest BCUT2D eigenvalue weighted by atomic mass is 10.1. The van der Waals surface area contributed by atoms with Crippen molar-refractivity contribution in [1.29, 1.82) is 5.26 Å². The average Bonchev–Trinajstić information content (AvgIpc) is 3.01. The normalized spacial score (nSPS) is 10.3. The van der Waals surface area contributed by atoms with Crippen LogP contribution in [-0.4, -0.2) is 5.91 Å². The summed E-state index contributed by atoms with van der Waals surface area (Å²) in [5.74, 6) is 0.617. The summed E-state index contributed by atoms with van der Waals surface area (Å²) in [6.45, 7) is 4.36. The Morgan fingerprint density at radius 2 is 1.89 bits per heavy atom. The van der Waals surface area contributed by atoms with Crippen molar-refractivity contribution in [3.63, 3.8) is 0 Å². The number of nitrogens with one attached hydrogen (secondary N) is 1. The van der Waals surface area contributed by atoms with Crippen molar-refractivity contribution in [3.8, 4) is 11.8 Å². The highest BCUT2D eigenvalue weighted by molar-refractivity contribution is 7.14. The van der Waals surface area contributed by atoms with Gasteiger partial charge < -0.3 is 10.1 Å². The molecule has 0 saturated heterocycles. The van der Waals surface area contributed by atoms with Gasteiger partial charge in [-0.15, -0.1) is 11.3 Å². The number of nitrogens with zero attached hydrogens (tertiary/aromatic N) is 1. The van der Waals surface area contributed by atoms with Crippen molar-refractivity contribution >= 4 is 22.9 Å². The second-order valence-electron chi connectivity index (χ2n) is 6.23. The minimum atomic E-state index is -0.107. The number of carbonyl (C=O) groups excluding carboxylic acids is 1. The highest BCUT2D eigenvalue weighted by Gasteiger charge is 2.13. The van der Waals surface area contributed by atoms with E-state index in [9.17, 15) is 4.79 Å². The fourth-order valence-corrected chi connectivity index (χ4v) is 3.52. The zero-order valence-corrected chi connectivity index (χ0v) is 16.1. The number of carbonyl (C=O) groups is 1. The molecule has 0 bridgehead atoms. The van der Waals surface area contributed by atoms with Gasteiger partial charge in [0.2, 0.25) is 0 Å². The van der Waals surface area contributed by atoms with E-state index >= 15 is 0 Å². The minimum absolute atomic E-state index is 0.107. The molecule has 1 amide bonds. The Morgan fingerprint density at radius 1 is 1.15 bits per heavy atom. The van der Waals surface area contributed by atoms with Crippen LogP contribution < -0.4 is 10.1 Å². The van der Waals surface area contributed by atoms with E-state index in [2.05, 4.69) is 11.4 Å². The number of hydrogen-bond acceptors (Lipinski definition) is 4. The van der Waals surface area contributed by atoms with Gasteiger partial charge in [0, 0.05) is 16.1 Å². The number of ether oxygens (including phenoxy) is 1. The van der Waals surface area contributed by atoms with Crippen LogP contribution in [0.3, 0.4) is 0 Å². The fourth-order valence-electron chi connectivity index (χ4n) is 2.59. The van der Waals surface area contributed by atoms with Crippen molar-refractivity contribution in [1.82, 2.24) is 0 Å². The van der Waals surface area contributed by atoms with Crippen molar-refractivity contribution in [2.45, 2.75) is 26.9 Å². The molecular weight excluding hydrogens is 356 g/mol. The molecule has 0 fully saturated rings. The summed E-state index contributed by atoms with van der Waals surface area (Å²) in [7, 11) is 0. The minimum Gasteiger partial charge on any atom is -0.489 e. The molecule has 0 unspecified atom stereocenters. The topological polar surface area (TPSA) is 62.1 Å². The third-order valence-corrected chi connectivity index (χ3v) is 5.41. The summed E-state index contributed by atoms with van der Waals surface area (Å²) in [4.78, 5) is 14.4. The fraction of sp³-hybridized carbons (Fsp3) is 0.182. The number of anilines is 1. The highest BCUT2D eigenvalue weighted by Crippen LogP contribution is 2.24. The maximum Gasteiger partial charge on any atom is 0.265 e. The third-order valence-electron chi connectivity index (χ3n) is 4.26. The van der Waals surface area contributed by atoms with E-state index in [-0.39, 0.29) is 5.91 Å². The highest BCUT2D eigenvalue weighted by atomic mass is 32.1. The smallest absolute Gasteiger partial charge is 0.265 e. The molecule has 0 aliphatic carbocycles. The van der Waals surface area contributed by atoms with Crippen LogP contribution in [0.5, 0.6) is 5.75 Å². The first-order valence-corrected chi connectivity index (χ1v) is 9.43. The van der Waals surface area contributed by atoms with Gasteiger partial charge in [-0.05, 0) is 49.2 Å². The summed E-state index contributed by atoms with van der Waals surface area (Å²) < 4.78 is 5.84. The van der Waals surface area contributed by atoms with Crippen LogP contribution in [-0.2, 0) is 13.0 Å². The third kappa shape index (κ3) is 4.75. The maximum absolute atomic E-state index is 12.5. The van der Waals surface area contributed by atoms with Crippen molar-refractivity contribution in [2.24, 2.45) is 0 Å². The van der Waals surface area contributed by atoms with Crippen LogP contribution in [0, 0.1) is 25.2 Å². The van der Waals surface area contributed by atoms with E-state index in [1.54, 1.807) is 0 Å². The second-order valence-corrected chi connectivity index (χ2v) is 7.48. The Balaban J connectivity index is 1.68. The van der Waals surface area contributed by atoms with Gasteiger partial charge in [0.15, 0.2) is 0 Å². The van der Waals surface area contributed by atoms with Crippen LogP contribution in [0.2, 0.25) is 0 Å². The zero-order valence-electron chi connectivity index (χ0n) is 15.3. The molecule has 5 heteroatoms. The number of thiophene rings is 1. The van der Waals surface area contributed by atoms with E-state index in [1.165, 1.54) is 11.3 Å². The van der Waals surface area contributed by atoms with Crippen molar-refractivity contribution in [3.05, 3.63) is 81.0 Å². The number of rotatable bonds is 6. The summed E-state index contributed by atoms with van der Waals surface area (Å²) >= 11 is 1.50. The number of benzene rings is 2. The Hall–Kier alpha value is -3.10.